The number of methoxy groups -OCH3 is 3. The van der Waals surface area contributed by atoms with Gasteiger partial charge >= 0.3 is 0 Å². The quantitative estimate of drug-likeness (QED) is 0.562. The Kier molecular flexibility index (Phi) is 7.61. The molecule has 0 aromatic heterocycles. The Morgan fingerprint density at radius 3 is 2.15 bits per heavy atom. The number of hydrogen-bond acceptors (Lipinski definition) is 4. The Labute approximate surface area is 155 Å². The molecule has 0 bridgehead atoms. The standard InChI is InChI=1S/C20H27N3O3/c1-21-20(22-12-11-15-5-8-17(24-2)9-6-15)23-14-16-7-10-18(25-3)19(13-16)26-4/h5-10,13H,11-12,14H2,1-4H3,(H2,21,22,23). The molecule has 0 unspecified atom stereocenters. The molecule has 0 saturated carbocycles. The van der Waals surface area contributed by atoms with Gasteiger partial charge in [0.05, 0.1) is 21.3 Å². The summed E-state index contributed by atoms with van der Waals surface area (Å²) < 4.78 is 15.8. The molecule has 2 aromatic carbocycles. The number of nitrogens with zero attached hydrogens (tertiary/aromatic N) is 1. The Hall–Kier alpha value is -2.89. The molecule has 0 radical (unpaired) electrons. The highest BCUT2D eigenvalue weighted by Crippen LogP contribution is 2.27. The molecule has 0 aliphatic heterocycles. The molecule has 140 valence electrons. The van der Waals surface area contributed by atoms with Crippen LogP contribution in [-0.4, -0.2) is 40.9 Å². The van der Waals surface area contributed by atoms with Crippen LogP contribution in [0.3, 0.4) is 0 Å². The van der Waals surface area contributed by atoms with Gasteiger partial charge in [0, 0.05) is 20.1 Å². The summed E-state index contributed by atoms with van der Waals surface area (Å²) in [6.07, 6.45) is 0.904. The summed E-state index contributed by atoms with van der Waals surface area (Å²) in [6, 6.07) is 13.9. The Bertz CT molecular complexity index is 715. The fraction of sp³-hybridized carbons (Fsp3) is 0.350. The van der Waals surface area contributed by atoms with Crippen molar-refractivity contribution in [3.05, 3.63) is 53.6 Å². The summed E-state index contributed by atoms with van der Waals surface area (Å²) in [4.78, 5) is 4.26. The molecule has 2 rings (SSSR count). The third-order valence-electron chi connectivity index (χ3n) is 4.00. The summed E-state index contributed by atoms with van der Waals surface area (Å²) in [7, 11) is 6.70. The van der Waals surface area contributed by atoms with E-state index in [1.165, 1.54) is 5.56 Å². The average Bonchev–Trinajstić information content (AvgIpc) is 2.70. The molecule has 0 saturated heterocycles. The van der Waals surface area contributed by atoms with E-state index >= 15 is 0 Å². The summed E-state index contributed by atoms with van der Waals surface area (Å²) in [6.45, 7) is 1.43. The third-order valence-corrected chi connectivity index (χ3v) is 4.00. The van der Waals surface area contributed by atoms with Crippen molar-refractivity contribution in [2.45, 2.75) is 13.0 Å². The van der Waals surface area contributed by atoms with Crippen LogP contribution in [0.1, 0.15) is 11.1 Å². The smallest absolute Gasteiger partial charge is 0.191 e. The van der Waals surface area contributed by atoms with Crippen LogP contribution >= 0.6 is 0 Å². The lowest BCUT2D eigenvalue weighted by Gasteiger charge is -2.13. The first-order valence-electron chi connectivity index (χ1n) is 8.48. The van der Waals surface area contributed by atoms with Crippen LogP contribution in [0.25, 0.3) is 0 Å². The van der Waals surface area contributed by atoms with Crippen molar-refractivity contribution < 1.29 is 14.2 Å². The second kappa shape index (κ2) is 10.2. The lowest BCUT2D eigenvalue weighted by molar-refractivity contribution is 0.354. The van der Waals surface area contributed by atoms with E-state index in [4.69, 9.17) is 14.2 Å². The molecule has 0 heterocycles. The molecule has 0 aliphatic carbocycles. The average molecular weight is 357 g/mol. The van der Waals surface area contributed by atoms with Crippen LogP contribution in [-0.2, 0) is 13.0 Å². The first-order valence-corrected chi connectivity index (χ1v) is 8.48. The molecule has 0 fully saturated rings. The van der Waals surface area contributed by atoms with Crippen LogP contribution in [0, 0.1) is 0 Å². The lowest BCUT2D eigenvalue weighted by Crippen LogP contribution is -2.37. The van der Waals surface area contributed by atoms with E-state index in [1.807, 2.05) is 30.3 Å². The van der Waals surface area contributed by atoms with Crippen molar-refractivity contribution in [1.82, 2.24) is 10.6 Å². The highest BCUT2D eigenvalue weighted by atomic mass is 16.5. The Morgan fingerprint density at radius 1 is 0.846 bits per heavy atom. The van der Waals surface area contributed by atoms with E-state index in [0.29, 0.717) is 12.3 Å². The predicted octanol–water partition coefficient (Wildman–Crippen LogP) is 2.62. The van der Waals surface area contributed by atoms with Gasteiger partial charge in [-0.1, -0.05) is 18.2 Å². The van der Waals surface area contributed by atoms with Crippen molar-refractivity contribution in [3.63, 3.8) is 0 Å². The number of nitrogens with one attached hydrogen (secondary N) is 2. The highest BCUT2D eigenvalue weighted by molar-refractivity contribution is 5.79. The zero-order valence-corrected chi connectivity index (χ0v) is 15.8. The summed E-state index contributed by atoms with van der Waals surface area (Å²) in [5.41, 5.74) is 2.33. The SMILES string of the molecule is CN=C(NCCc1ccc(OC)cc1)NCc1ccc(OC)c(OC)c1. The molecule has 6 nitrogen and oxygen atoms in total. The molecule has 0 amide bonds. The topological polar surface area (TPSA) is 64.1 Å². The van der Waals surface area contributed by atoms with E-state index in [2.05, 4.69) is 27.8 Å². The molecule has 0 atom stereocenters. The Morgan fingerprint density at radius 2 is 1.54 bits per heavy atom. The van der Waals surface area contributed by atoms with Gasteiger partial charge in [0.15, 0.2) is 17.5 Å². The van der Waals surface area contributed by atoms with Gasteiger partial charge in [0.25, 0.3) is 0 Å². The van der Waals surface area contributed by atoms with Crippen molar-refractivity contribution in [3.8, 4) is 17.2 Å². The monoisotopic (exact) mass is 357 g/mol. The molecule has 0 spiro atoms. The summed E-state index contributed by atoms with van der Waals surface area (Å²) in [5, 5.41) is 6.62. The van der Waals surface area contributed by atoms with E-state index in [9.17, 15) is 0 Å². The van der Waals surface area contributed by atoms with Crippen LogP contribution in [0.5, 0.6) is 17.2 Å². The maximum absolute atomic E-state index is 5.33. The minimum Gasteiger partial charge on any atom is -0.497 e. The zero-order chi connectivity index (χ0) is 18.8. The molecule has 2 N–H and O–H groups in total. The normalized spacial score (nSPS) is 11.0. The number of benzene rings is 2. The Balaban J connectivity index is 1.82. The van der Waals surface area contributed by atoms with E-state index in [0.717, 1.165) is 36.0 Å². The molecular formula is C20H27N3O3. The predicted molar refractivity (Wildman–Crippen MR) is 104 cm³/mol. The lowest BCUT2D eigenvalue weighted by atomic mass is 10.1. The first-order chi connectivity index (χ1) is 12.7. The van der Waals surface area contributed by atoms with E-state index in [1.54, 1.807) is 28.4 Å². The minimum atomic E-state index is 0.641. The molecule has 2 aromatic rings. The van der Waals surface area contributed by atoms with Gasteiger partial charge in [-0.3, -0.25) is 4.99 Å². The second-order valence-electron chi connectivity index (χ2n) is 5.64. The van der Waals surface area contributed by atoms with Gasteiger partial charge in [0.1, 0.15) is 5.75 Å². The number of hydrogen-bond donors (Lipinski definition) is 2. The summed E-state index contributed by atoms with van der Waals surface area (Å²) >= 11 is 0. The highest BCUT2D eigenvalue weighted by Gasteiger charge is 2.05. The van der Waals surface area contributed by atoms with Crippen molar-refractivity contribution in [1.29, 1.82) is 0 Å². The maximum Gasteiger partial charge on any atom is 0.191 e. The van der Waals surface area contributed by atoms with Crippen LogP contribution in [0.15, 0.2) is 47.5 Å². The van der Waals surface area contributed by atoms with Gasteiger partial charge in [-0.05, 0) is 41.8 Å². The summed E-state index contributed by atoms with van der Waals surface area (Å²) in [5.74, 6) is 3.06. The second-order valence-corrected chi connectivity index (χ2v) is 5.64. The van der Waals surface area contributed by atoms with Gasteiger partial charge in [-0.2, -0.15) is 0 Å². The van der Waals surface area contributed by atoms with Gasteiger partial charge < -0.3 is 24.8 Å². The number of ether oxygens (including phenoxy) is 3. The maximum atomic E-state index is 5.33. The van der Waals surface area contributed by atoms with Gasteiger partial charge in [-0.15, -0.1) is 0 Å². The zero-order valence-electron chi connectivity index (χ0n) is 15.8. The van der Waals surface area contributed by atoms with E-state index < -0.39 is 0 Å². The van der Waals surface area contributed by atoms with Crippen molar-refractivity contribution in [2.24, 2.45) is 4.99 Å². The number of rotatable bonds is 8. The van der Waals surface area contributed by atoms with Crippen LogP contribution in [0.2, 0.25) is 0 Å². The first kappa shape index (κ1) is 19.4. The third kappa shape index (κ3) is 5.58. The van der Waals surface area contributed by atoms with Gasteiger partial charge in [-0.25, -0.2) is 0 Å². The van der Waals surface area contributed by atoms with Crippen LogP contribution < -0.4 is 24.8 Å². The molecule has 26 heavy (non-hydrogen) atoms. The van der Waals surface area contributed by atoms with Crippen molar-refractivity contribution >= 4 is 5.96 Å². The van der Waals surface area contributed by atoms with E-state index in [-0.39, 0.29) is 0 Å². The van der Waals surface area contributed by atoms with Crippen LogP contribution in [0.4, 0.5) is 0 Å². The van der Waals surface area contributed by atoms with Gasteiger partial charge in [0.2, 0.25) is 0 Å². The minimum absolute atomic E-state index is 0.641. The number of guanidine groups is 1. The fourth-order valence-corrected chi connectivity index (χ4v) is 2.51. The molecular weight excluding hydrogens is 330 g/mol. The molecule has 0 aliphatic rings. The number of aliphatic imine (C=N–C) groups is 1. The fourth-order valence-electron chi connectivity index (χ4n) is 2.51. The molecule has 6 heteroatoms. The van der Waals surface area contributed by atoms with Crippen molar-refractivity contribution in [2.75, 3.05) is 34.9 Å². The largest absolute Gasteiger partial charge is 0.497 e.